The fourth-order valence-electron chi connectivity index (χ4n) is 3.20. The van der Waals surface area contributed by atoms with Gasteiger partial charge in [0.25, 0.3) is 0 Å². The molecule has 122 valence electrons. The molecule has 0 nitrogen and oxygen atoms in total. The molecule has 7 heteroatoms. The Kier molecular flexibility index (Phi) is 6.27. The number of fused-ring (bicyclic) bond motifs is 6. The summed E-state index contributed by atoms with van der Waals surface area (Å²) in [5.74, 6) is 0. The van der Waals surface area contributed by atoms with Crippen molar-refractivity contribution in [3.05, 3.63) is 36.4 Å². The molecule has 0 heterocycles. The zero-order chi connectivity index (χ0) is 17.2. The van der Waals surface area contributed by atoms with Crippen molar-refractivity contribution < 1.29 is 0 Å². The summed E-state index contributed by atoms with van der Waals surface area (Å²) in [4.78, 5) is 4.67. The van der Waals surface area contributed by atoms with Crippen LogP contribution in [0.4, 0.5) is 0 Å². The molecule has 0 radical (unpaired) electrons. The SMILES string of the molecule is Sc1ccc2c3ccccc3c3c(S)c(S)c(S)c(S)c3c2c1S.[NaH]. The second-order valence-electron chi connectivity index (χ2n) is 5.55. The number of hydrogen-bond acceptors (Lipinski definition) is 6. The van der Waals surface area contributed by atoms with E-state index in [-0.39, 0.29) is 29.6 Å². The Morgan fingerprint density at radius 2 is 0.920 bits per heavy atom. The summed E-state index contributed by atoms with van der Waals surface area (Å²) in [6.07, 6.45) is 0. The monoisotopic (exact) mass is 444 g/mol. The first kappa shape index (κ1) is 20.5. The summed E-state index contributed by atoms with van der Waals surface area (Å²) in [7, 11) is 0. The van der Waals surface area contributed by atoms with Crippen LogP contribution in [0.3, 0.4) is 0 Å². The third-order valence-corrected chi connectivity index (χ3v) is 7.62. The first-order chi connectivity index (χ1) is 11.4. The zero-order valence-electron chi connectivity index (χ0n) is 12.1. The molecular formula is C18H13NaS6. The van der Waals surface area contributed by atoms with E-state index in [0.29, 0.717) is 4.90 Å². The Morgan fingerprint density at radius 3 is 1.56 bits per heavy atom. The van der Waals surface area contributed by atoms with E-state index in [2.05, 4.69) is 56.1 Å². The Morgan fingerprint density at radius 1 is 0.440 bits per heavy atom. The molecule has 0 saturated carbocycles. The van der Waals surface area contributed by atoms with Crippen LogP contribution in [0.2, 0.25) is 0 Å². The Labute approximate surface area is 201 Å². The van der Waals surface area contributed by atoms with Crippen LogP contribution < -0.4 is 0 Å². The molecule has 0 amide bonds. The average molecular weight is 445 g/mol. The normalized spacial score (nSPS) is 11.3. The molecule has 0 spiro atoms. The van der Waals surface area contributed by atoms with Crippen molar-refractivity contribution in [2.45, 2.75) is 29.4 Å². The van der Waals surface area contributed by atoms with Crippen LogP contribution in [-0.2, 0) is 0 Å². The number of hydrogen-bond donors (Lipinski definition) is 6. The Hall–Kier alpha value is 0.760. The van der Waals surface area contributed by atoms with Crippen molar-refractivity contribution in [1.82, 2.24) is 0 Å². The van der Waals surface area contributed by atoms with Crippen LogP contribution in [0.1, 0.15) is 0 Å². The third-order valence-electron chi connectivity index (χ3n) is 4.29. The van der Waals surface area contributed by atoms with Gasteiger partial charge in [-0.1, -0.05) is 30.3 Å². The van der Waals surface area contributed by atoms with E-state index in [0.717, 1.165) is 56.8 Å². The van der Waals surface area contributed by atoms with Crippen molar-refractivity contribution in [2.24, 2.45) is 0 Å². The minimum absolute atomic E-state index is 0. The van der Waals surface area contributed by atoms with Crippen molar-refractivity contribution in [3.63, 3.8) is 0 Å². The molecule has 0 N–H and O–H groups in total. The zero-order valence-corrected chi connectivity index (χ0v) is 17.5. The summed E-state index contributed by atoms with van der Waals surface area (Å²) in [5, 5.41) is 6.39. The van der Waals surface area contributed by atoms with Crippen LogP contribution in [0.5, 0.6) is 0 Å². The second kappa shape index (κ2) is 7.64. The predicted molar refractivity (Wildman–Crippen MR) is 130 cm³/mol. The second-order valence-corrected chi connectivity index (χ2v) is 8.26. The fraction of sp³-hybridized carbons (Fsp3) is 0. The molecule has 4 rings (SSSR count). The fourth-order valence-corrected chi connectivity index (χ4v) is 4.99. The number of thiol groups is 6. The quantitative estimate of drug-likeness (QED) is 0.103. The predicted octanol–water partition coefficient (Wildman–Crippen LogP) is 6.23. The van der Waals surface area contributed by atoms with Crippen molar-refractivity contribution in [1.29, 1.82) is 0 Å². The van der Waals surface area contributed by atoms with Crippen LogP contribution in [-0.4, -0.2) is 29.6 Å². The Balaban J connectivity index is 0.00000182. The van der Waals surface area contributed by atoms with Crippen molar-refractivity contribution in [2.75, 3.05) is 0 Å². The van der Waals surface area contributed by atoms with Crippen molar-refractivity contribution in [3.8, 4) is 0 Å². The van der Waals surface area contributed by atoms with E-state index in [1.807, 2.05) is 18.2 Å². The van der Waals surface area contributed by atoms with Crippen LogP contribution in [0.25, 0.3) is 32.3 Å². The van der Waals surface area contributed by atoms with Gasteiger partial charge in [-0.15, -0.1) is 75.8 Å². The van der Waals surface area contributed by atoms with Gasteiger partial charge in [-0.2, -0.15) is 0 Å². The summed E-state index contributed by atoms with van der Waals surface area (Å²) < 4.78 is 0. The molecule has 0 atom stereocenters. The maximum absolute atomic E-state index is 4.75. The van der Waals surface area contributed by atoms with Gasteiger partial charge in [-0.25, -0.2) is 0 Å². The molecule has 0 fully saturated rings. The van der Waals surface area contributed by atoms with E-state index >= 15 is 0 Å². The molecular weight excluding hydrogens is 432 g/mol. The van der Waals surface area contributed by atoms with Gasteiger partial charge in [-0.05, 0) is 22.2 Å². The molecule has 25 heavy (non-hydrogen) atoms. The molecule has 0 unspecified atom stereocenters. The van der Waals surface area contributed by atoms with E-state index < -0.39 is 0 Å². The Bertz CT molecular complexity index is 1150. The van der Waals surface area contributed by atoms with Gasteiger partial charge in [0.05, 0.1) is 0 Å². The van der Waals surface area contributed by atoms with Gasteiger partial charge in [0.2, 0.25) is 0 Å². The molecule has 4 aromatic rings. The minimum atomic E-state index is 0. The van der Waals surface area contributed by atoms with Crippen molar-refractivity contribution >= 4 is 138 Å². The summed E-state index contributed by atoms with van der Waals surface area (Å²) in [6, 6.07) is 12.3. The van der Waals surface area contributed by atoms with Crippen LogP contribution >= 0.6 is 75.8 Å². The maximum atomic E-state index is 4.75. The van der Waals surface area contributed by atoms with Gasteiger partial charge in [0.15, 0.2) is 0 Å². The molecule has 0 aliphatic rings. The third kappa shape index (κ3) is 3.06. The molecule has 0 bridgehead atoms. The van der Waals surface area contributed by atoms with E-state index in [1.54, 1.807) is 0 Å². The summed E-state index contributed by atoms with van der Waals surface area (Å²) in [6.45, 7) is 0. The average Bonchev–Trinajstić information content (AvgIpc) is 2.59. The molecule has 4 aromatic carbocycles. The molecule has 0 aliphatic heterocycles. The first-order valence-electron chi connectivity index (χ1n) is 7.08. The summed E-state index contributed by atoms with van der Waals surface area (Å²) >= 11 is 27.9. The molecule has 0 aromatic heterocycles. The number of rotatable bonds is 0. The van der Waals surface area contributed by atoms with Crippen LogP contribution in [0, 0.1) is 0 Å². The summed E-state index contributed by atoms with van der Waals surface area (Å²) in [5.41, 5.74) is 0. The van der Waals surface area contributed by atoms with E-state index in [4.69, 9.17) is 37.9 Å². The topological polar surface area (TPSA) is 0 Å². The number of benzene rings is 4. The van der Waals surface area contributed by atoms with Gasteiger partial charge < -0.3 is 0 Å². The van der Waals surface area contributed by atoms with E-state index in [9.17, 15) is 0 Å². The first-order valence-corrected chi connectivity index (χ1v) is 9.76. The van der Waals surface area contributed by atoms with Gasteiger partial charge in [-0.3, -0.25) is 0 Å². The standard InChI is InChI=1S/C18H12S6.Na.H/c19-10-6-5-9-7-3-1-2-4-8(7)12-13(11(9)14(10)20)16(22)18(24)17(23)15(12)21;;/h1-6,19-24H;;. The van der Waals surface area contributed by atoms with E-state index in [1.165, 1.54) is 0 Å². The van der Waals surface area contributed by atoms with Crippen LogP contribution in [0.15, 0.2) is 65.8 Å². The van der Waals surface area contributed by atoms with Gasteiger partial charge in [0.1, 0.15) is 0 Å². The van der Waals surface area contributed by atoms with Gasteiger partial charge >= 0.3 is 29.6 Å². The van der Waals surface area contributed by atoms with Gasteiger partial charge in [0, 0.05) is 45.5 Å². The molecule has 0 aliphatic carbocycles. The molecule has 0 saturated heterocycles.